The minimum Gasteiger partial charge on any atom is -0.463 e. The van der Waals surface area contributed by atoms with Gasteiger partial charge in [-0.25, -0.2) is 28.8 Å². The number of ether oxygens (including phenoxy) is 11. The number of amides is 2. The third-order valence-corrected chi connectivity index (χ3v) is 15.7. The summed E-state index contributed by atoms with van der Waals surface area (Å²) < 4.78 is 60.0. The Morgan fingerprint density at radius 2 is 1.24 bits per heavy atom. The number of fused-ring (bicyclic) bond motifs is 3. The zero-order chi connectivity index (χ0) is 54.8. The van der Waals surface area contributed by atoms with Gasteiger partial charge < -0.3 is 82.7 Å². The van der Waals surface area contributed by atoms with E-state index in [2.05, 4.69) is 29.3 Å². The smallest absolute Gasteiger partial charge is 0.463 e. The van der Waals surface area contributed by atoms with E-state index >= 15 is 0 Å². The molecule has 29 heteroatoms. The van der Waals surface area contributed by atoms with Crippen LogP contribution in [0.25, 0.3) is 0 Å². The van der Waals surface area contributed by atoms with Crippen molar-refractivity contribution in [3.05, 3.63) is 42.2 Å². The fraction of sp³-hybridized carbons (Fsp3) is 0.652. The maximum absolute atomic E-state index is 14.2. The summed E-state index contributed by atoms with van der Waals surface area (Å²) in [7, 11) is 0. The molecule has 412 valence electrons. The number of carbonyl (C=O) groups is 9. The van der Waals surface area contributed by atoms with Crippen molar-refractivity contribution in [3.63, 3.8) is 0 Å². The molecule has 6 aliphatic rings. The normalized spacial score (nSPS) is 36.6. The van der Waals surface area contributed by atoms with E-state index in [-0.39, 0.29) is 36.1 Å². The van der Waals surface area contributed by atoms with E-state index in [0.717, 1.165) is 13.3 Å². The maximum atomic E-state index is 14.2. The SMILES string of the molecule is C=C1C[C@@]23CCC4[C@@](C)(CCC[C@@]4(C)C(=O)NNC(=O)c4cccnc4)C2CC[C@]1(O[C@@H]1O[C@H](COC(=O)O)[C@@H](OC(=O)O)[C@H](OC(=O)O)[C@H]1OC1O[C@H](COC(C)=O)[C@@H](OC(=O)O)[C@H](OC(=O)O)[C@H]1OC(=O)O)C3. The van der Waals surface area contributed by atoms with E-state index in [1.165, 1.54) is 12.4 Å². The van der Waals surface area contributed by atoms with Crippen molar-refractivity contribution >= 4 is 54.7 Å². The lowest BCUT2D eigenvalue weighted by atomic mass is 9.40. The molecule has 0 radical (unpaired) electrons. The molecule has 2 amide bonds. The van der Waals surface area contributed by atoms with Crippen molar-refractivity contribution in [2.45, 2.75) is 146 Å². The monoisotopic (exact) mass is 1070 g/mol. The molecular weight excluding hydrogens is 1010 g/mol. The molecule has 1 aromatic rings. The van der Waals surface area contributed by atoms with Crippen molar-refractivity contribution in [1.82, 2.24) is 15.8 Å². The van der Waals surface area contributed by atoms with E-state index < -0.39 is 145 Å². The Morgan fingerprint density at radius 3 is 1.81 bits per heavy atom. The van der Waals surface area contributed by atoms with Gasteiger partial charge in [0, 0.05) is 19.3 Å². The number of carboxylic acid groups (broad SMARTS) is 6. The van der Waals surface area contributed by atoms with Gasteiger partial charge in [-0.1, -0.05) is 26.8 Å². The first-order valence-corrected chi connectivity index (χ1v) is 23.6. The molecule has 8 N–H and O–H groups in total. The highest BCUT2D eigenvalue weighted by Crippen LogP contribution is 2.73. The molecular formula is C46H57N3O26. The number of nitrogens with zero attached hydrogens (tertiary/aromatic N) is 1. The van der Waals surface area contributed by atoms with Crippen LogP contribution in [0.5, 0.6) is 0 Å². The van der Waals surface area contributed by atoms with Gasteiger partial charge in [0.25, 0.3) is 5.91 Å². The molecule has 2 aliphatic heterocycles. The van der Waals surface area contributed by atoms with E-state index in [1.54, 1.807) is 12.1 Å². The fourth-order valence-electron chi connectivity index (χ4n) is 13.0. The Kier molecular flexibility index (Phi) is 16.2. The minimum absolute atomic E-state index is 0.0598. The Morgan fingerprint density at radius 1 is 0.680 bits per heavy atom. The average molecular weight is 1070 g/mol. The van der Waals surface area contributed by atoms with Crippen LogP contribution < -0.4 is 10.9 Å². The van der Waals surface area contributed by atoms with Crippen molar-refractivity contribution < 1.29 is 126 Å². The van der Waals surface area contributed by atoms with Gasteiger partial charge in [-0.15, -0.1) is 0 Å². The predicted octanol–water partition coefficient (Wildman–Crippen LogP) is 4.36. The van der Waals surface area contributed by atoms with Crippen LogP contribution in [0.1, 0.15) is 88.9 Å². The zero-order valence-corrected chi connectivity index (χ0v) is 40.5. The summed E-state index contributed by atoms with van der Waals surface area (Å²) in [5.41, 5.74) is 2.59. The van der Waals surface area contributed by atoms with Crippen molar-refractivity contribution in [2.75, 3.05) is 13.2 Å². The summed E-state index contributed by atoms with van der Waals surface area (Å²) in [6.07, 6.45) is -27.2. The number of aromatic nitrogens is 1. The van der Waals surface area contributed by atoms with Crippen LogP contribution in [0.15, 0.2) is 36.7 Å². The van der Waals surface area contributed by atoms with Gasteiger partial charge >= 0.3 is 42.9 Å². The second-order valence-electron chi connectivity index (χ2n) is 19.8. The van der Waals surface area contributed by atoms with Crippen molar-refractivity contribution in [2.24, 2.45) is 28.1 Å². The molecule has 75 heavy (non-hydrogen) atoms. The van der Waals surface area contributed by atoms with Gasteiger partial charge in [0.15, 0.2) is 49.2 Å². The number of hydrogen-bond donors (Lipinski definition) is 8. The molecule has 4 saturated carbocycles. The quantitative estimate of drug-likeness (QED) is 0.0397. The molecule has 4 aliphatic carbocycles. The summed E-state index contributed by atoms with van der Waals surface area (Å²) in [5.74, 6) is -2.11. The second kappa shape index (κ2) is 21.9. The van der Waals surface area contributed by atoms with Crippen LogP contribution in [0.4, 0.5) is 28.8 Å². The number of esters is 1. The lowest BCUT2D eigenvalue weighted by Gasteiger charge is -2.64. The standard InChI is InChI=1S/C46H57N3O26/c1-20-15-45-12-8-25-43(3,10-6-11-44(25,4)36(52)49-48-33(51)22-7-5-14-47-16-22)26(45)9-13-46(20,19-45)75-35-32(30(73-41(61)62)28(71-39(57)58)24(68-35)18-66-37(53)54)69-34-31(74-42(63)64)29(72-40(59)60)27(70-38(55)56)23(67-34)17-65-21(2)50/h5,7,14,16,23-32,34-35H,1,6,8-13,15,17-19H2,2-4H3,(H,48,51)(H,49,52)(H,53,54)(H,55,56)(H,57,58)(H,59,60)(H,61,62)(H,63,64)/t23-,24-,25?,26?,27-,28-,29+,30+,31-,32-,34?,35+,43-,44-,45-,46+/m1/s1. The van der Waals surface area contributed by atoms with Gasteiger partial charge in [0.1, 0.15) is 25.4 Å². The number of hydrazine groups is 1. The van der Waals surface area contributed by atoms with Crippen LogP contribution in [0.3, 0.4) is 0 Å². The summed E-state index contributed by atoms with van der Waals surface area (Å²) in [6, 6.07) is 3.14. The van der Waals surface area contributed by atoms with Gasteiger partial charge in [-0.3, -0.25) is 30.2 Å². The Bertz CT molecular complexity index is 2410. The Hall–Kier alpha value is -7.24. The molecule has 29 nitrogen and oxygen atoms in total. The molecule has 1 aromatic heterocycles. The van der Waals surface area contributed by atoms with Gasteiger partial charge in [0.2, 0.25) is 5.91 Å². The summed E-state index contributed by atoms with van der Waals surface area (Å²) in [4.78, 5) is 116. The van der Waals surface area contributed by atoms with Gasteiger partial charge in [-0.2, -0.15) is 0 Å². The van der Waals surface area contributed by atoms with Crippen LogP contribution >= 0.6 is 0 Å². The summed E-state index contributed by atoms with van der Waals surface area (Å²) in [5, 5.41) is 58.8. The summed E-state index contributed by atoms with van der Waals surface area (Å²) >= 11 is 0. The predicted molar refractivity (Wildman–Crippen MR) is 237 cm³/mol. The van der Waals surface area contributed by atoms with Gasteiger partial charge in [0.05, 0.1) is 16.6 Å². The molecule has 0 aromatic carbocycles. The average Bonchev–Trinajstić information content (AvgIpc) is 3.52. The maximum Gasteiger partial charge on any atom is 0.506 e. The topological polar surface area (TPSA) is 413 Å². The van der Waals surface area contributed by atoms with Gasteiger partial charge in [-0.05, 0) is 91.7 Å². The molecule has 6 fully saturated rings. The fourth-order valence-corrected chi connectivity index (χ4v) is 13.0. The number of hydrogen-bond acceptors (Lipinski definition) is 21. The number of nitrogens with one attached hydrogen (secondary N) is 2. The minimum atomic E-state index is -2.41. The third-order valence-electron chi connectivity index (χ3n) is 15.7. The molecule has 2 saturated heterocycles. The first-order chi connectivity index (χ1) is 35.3. The highest BCUT2D eigenvalue weighted by Gasteiger charge is 2.69. The van der Waals surface area contributed by atoms with Crippen LogP contribution in [0.2, 0.25) is 0 Å². The molecule has 2 bridgehead atoms. The zero-order valence-electron chi connectivity index (χ0n) is 40.5. The van der Waals surface area contributed by atoms with Crippen LogP contribution in [0, 0.1) is 28.1 Å². The molecule has 3 unspecified atom stereocenters. The lowest BCUT2D eigenvalue weighted by molar-refractivity contribution is -0.377. The highest BCUT2D eigenvalue weighted by atomic mass is 16.8. The number of carbonyl (C=O) groups excluding carboxylic acids is 3. The first-order valence-electron chi connectivity index (χ1n) is 23.6. The molecule has 3 heterocycles. The summed E-state index contributed by atoms with van der Waals surface area (Å²) in [6.45, 7) is 7.41. The molecule has 1 spiro atoms. The molecule has 7 rings (SSSR count). The van der Waals surface area contributed by atoms with Crippen LogP contribution in [-0.2, 0) is 61.7 Å². The third kappa shape index (κ3) is 11.5. The van der Waals surface area contributed by atoms with E-state index in [9.17, 15) is 73.8 Å². The lowest BCUT2D eigenvalue weighted by Crippen LogP contribution is -2.68. The Balaban J connectivity index is 1.24. The van der Waals surface area contributed by atoms with Crippen molar-refractivity contribution in [3.8, 4) is 0 Å². The molecule has 16 atom stereocenters. The number of rotatable bonds is 15. The largest absolute Gasteiger partial charge is 0.506 e. The van der Waals surface area contributed by atoms with Crippen LogP contribution in [-0.4, -0.2) is 171 Å². The van der Waals surface area contributed by atoms with E-state index in [1.807, 2.05) is 6.92 Å². The van der Waals surface area contributed by atoms with Crippen molar-refractivity contribution in [1.29, 1.82) is 0 Å². The Labute approximate surface area is 424 Å². The first kappa shape index (κ1) is 55.5. The highest BCUT2D eigenvalue weighted by molar-refractivity contribution is 5.95. The van der Waals surface area contributed by atoms with E-state index in [4.69, 9.17) is 52.1 Å². The van der Waals surface area contributed by atoms with E-state index in [0.29, 0.717) is 44.1 Å². The number of pyridine rings is 1. The second-order valence-corrected chi connectivity index (χ2v) is 19.8.